The first kappa shape index (κ1) is 19.1. The SMILES string of the molecule is C[C@@H]1C[C@H](O)C[C@H](c2cccc(Cl)c2)N1C(=O)C(F)(F)F.Cl. The standard InChI is InChI=1S/C14H15ClF3NO2.ClH/c1-8-5-11(20)7-12(9-3-2-4-10(15)6-9)19(8)13(21)14(16,17)18;/h2-4,6,8,11-12,20H,5,7H2,1H3;1H/t8-,11+,12-;/m1./s1. The molecule has 1 saturated heterocycles. The van der Waals surface area contributed by atoms with Gasteiger partial charge in [0.1, 0.15) is 0 Å². The maximum Gasteiger partial charge on any atom is 0.471 e. The Morgan fingerprint density at radius 3 is 2.55 bits per heavy atom. The van der Waals surface area contributed by atoms with E-state index in [1.54, 1.807) is 18.2 Å². The van der Waals surface area contributed by atoms with Crippen LogP contribution in [0.3, 0.4) is 0 Å². The Kier molecular flexibility index (Phi) is 6.12. The summed E-state index contributed by atoms with van der Waals surface area (Å²) >= 11 is 5.87. The minimum atomic E-state index is -4.94. The van der Waals surface area contributed by atoms with E-state index < -0.39 is 30.3 Å². The molecule has 0 bridgehead atoms. The van der Waals surface area contributed by atoms with E-state index in [1.165, 1.54) is 13.0 Å². The highest BCUT2D eigenvalue weighted by Crippen LogP contribution is 2.38. The number of hydrogen-bond donors (Lipinski definition) is 1. The number of piperidine rings is 1. The second-order valence-electron chi connectivity index (χ2n) is 5.26. The molecule has 1 amide bonds. The number of carbonyl (C=O) groups excluding carboxylic acids is 1. The lowest BCUT2D eigenvalue weighted by Crippen LogP contribution is -2.52. The van der Waals surface area contributed by atoms with E-state index in [0.717, 1.165) is 4.90 Å². The van der Waals surface area contributed by atoms with E-state index in [4.69, 9.17) is 11.6 Å². The van der Waals surface area contributed by atoms with Crippen LogP contribution in [0.5, 0.6) is 0 Å². The van der Waals surface area contributed by atoms with Crippen LogP contribution in [0.1, 0.15) is 31.4 Å². The lowest BCUT2D eigenvalue weighted by atomic mass is 9.89. The summed E-state index contributed by atoms with van der Waals surface area (Å²) in [6, 6.07) is 4.80. The number of alkyl halides is 3. The highest BCUT2D eigenvalue weighted by atomic mass is 35.5. The number of aliphatic hydroxyl groups is 1. The van der Waals surface area contributed by atoms with E-state index in [9.17, 15) is 23.1 Å². The molecule has 1 heterocycles. The molecule has 1 fully saturated rings. The molecule has 8 heteroatoms. The van der Waals surface area contributed by atoms with Crippen LogP contribution >= 0.6 is 24.0 Å². The quantitative estimate of drug-likeness (QED) is 0.831. The Labute approximate surface area is 137 Å². The van der Waals surface area contributed by atoms with Crippen LogP contribution in [-0.2, 0) is 4.79 Å². The van der Waals surface area contributed by atoms with Crippen LogP contribution in [0.15, 0.2) is 24.3 Å². The number of nitrogens with zero attached hydrogens (tertiary/aromatic N) is 1. The van der Waals surface area contributed by atoms with Crippen molar-refractivity contribution in [3.63, 3.8) is 0 Å². The molecule has 0 aliphatic carbocycles. The highest BCUT2D eigenvalue weighted by Gasteiger charge is 2.48. The highest BCUT2D eigenvalue weighted by molar-refractivity contribution is 6.30. The zero-order chi connectivity index (χ0) is 15.8. The fourth-order valence-electron chi connectivity index (χ4n) is 2.78. The Morgan fingerprint density at radius 2 is 2.00 bits per heavy atom. The monoisotopic (exact) mass is 357 g/mol. The van der Waals surface area contributed by atoms with E-state index in [0.29, 0.717) is 10.6 Å². The summed E-state index contributed by atoms with van der Waals surface area (Å²) in [6.45, 7) is 1.50. The predicted molar refractivity (Wildman–Crippen MR) is 79.0 cm³/mol. The molecular formula is C14H16Cl2F3NO2. The van der Waals surface area contributed by atoms with Gasteiger partial charge in [0.05, 0.1) is 12.1 Å². The topological polar surface area (TPSA) is 40.5 Å². The van der Waals surface area contributed by atoms with Crippen molar-refractivity contribution in [2.45, 2.75) is 44.1 Å². The first-order valence-corrected chi connectivity index (χ1v) is 6.91. The number of carbonyl (C=O) groups is 1. The molecule has 1 N–H and O–H groups in total. The Bertz CT molecular complexity index is 539. The number of likely N-dealkylation sites (tertiary alicyclic amines) is 1. The van der Waals surface area contributed by atoms with Crippen LogP contribution < -0.4 is 0 Å². The molecule has 22 heavy (non-hydrogen) atoms. The molecule has 0 spiro atoms. The molecule has 0 aromatic heterocycles. The van der Waals surface area contributed by atoms with Crippen LogP contribution in [0.25, 0.3) is 0 Å². The second kappa shape index (κ2) is 7.06. The number of aliphatic hydroxyl groups excluding tert-OH is 1. The number of amides is 1. The van der Waals surface area contributed by atoms with Gasteiger partial charge in [-0.3, -0.25) is 4.79 Å². The number of halogens is 5. The maximum atomic E-state index is 12.8. The molecule has 3 atom stereocenters. The summed E-state index contributed by atoms with van der Waals surface area (Å²) in [4.78, 5) is 12.5. The lowest BCUT2D eigenvalue weighted by Gasteiger charge is -2.43. The molecule has 124 valence electrons. The van der Waals surface area contributed by atoms with E-state index in [-0.39, 0.29) is 25.2 Å². The third kappa shape index (κ3) is 4.06. The van der Waals surface area contributed by atoms with Gasteiger partial charge in [0.15, 0.2) is 0 Å². The average molecular weight is 358 g/mol. The normalized spacial score (nSPS) is 25.5. The average Bonchev–Trinajstić information content (AvgIpc) is 2.36. The summed E-state index contributed by atoms with van der Waals surface area (Å²) in [5, 5.41) is 10.2. The first-order chi connectivity index (χ1) is 9.70. The molecule has 1 aromatic carbocycles. The Hall–Kier alpha value is -0.980. The fraction of sp³-hybridized carbons (Fsp3) is 0.500. The van der Waals surface area contributed by atoms with Gasteiger partial charge in [-0.25, -0.2) is 0 Å². The van der Waals surface area contributed by atoms with Crippen molar-refractivity contribution in [2.75, 3.05) is 0 Å². The van der Waals surface area contributed by atoms with E-state index >= 15 is 0 Å². The Balaban J connectivity index is 0.00000242. The minimum Gasteiger partial charge on any atom is -0.393 e. The van der Waals surface area contributed by atoms with Gasteiger partial charge < -0.3 is 10.0 Å². The van der Waals surface area contributed by atoms with E-state index in [1.807, 2.05) is 0 Å². The van der Waals surface area contributed by atoms with Gasteiger partial charge in [0.25, 0.3) is 0 Å². The first-order valence-electron chi connectivity index (χ1n) is 6.53. The lowest BCUT2D eigenvalue weighted by molar-refractivity contribution is -0.194. The largest absolute Gasteiger partial charge is 0.471 e. The predicted octanol–water partition coefficient (Wildman–Crippen LogP) is 3.74. The minimum absolute atomic E-state index is 0. The van der Waals surface area contributed by atoms with Gasteiger partial charge in [-0.1, -0.05) is 23.7 Å². The molecule has 1 aliphatic heterocycles. The zero-order valence-electron chi connectivity index (χ0n) is 11.7. The van der Waals surface area contributed by atoms with Crippen molar-refractivity contribution in [3.05, 3.63) is 34.9 Å². The molecule has 0 unspecified atom stereocenters. The van der Waals surface area contributed by atoms with Crippen LogP contribution in [0.4, 0.5) is 13.2 Å². The number of benzene rings is 1. The summed E-state index contributed by atoms with van der Waals surface area (Å²) in [5.74, 6) is -1.88. The van der Waals surface area contributed by atoms with Gasteiger partial charge in [0.2, 0.25) is 0 Å². The summed E-state index contributed by atoms with van der Waals surface area (Å²) < 4.78 is 38.4. The molecular weight excluding hydrogens is 342 g/mol. The van der Waals surface area contributed by atoms with Gasteiger partial charge in [0, 0.05) is 11.1 Å². The van der Waals surface area contributed by atoms with Crippen molar-refractivity contribution in [3.8, 4) is 0 Å². The van der Waals surface area contributed by atoms with Crippen LogP contribution in [0.2, 0.25) is 5.02 Å². The zero-order valence-corrected chi connectivity index (χ0v) is 13.3. The van der Waals surface area contributed by atoms with Crippen LogP contribution in [-0.4, -0.2) is 34.2 Å². The summed E-state index contributed by atoms with van der Waals surface area (Å²) in [6.07, 6.45) is -5.50. The van der Waals surface area contributed by atoms with Crippen molar-refractivity contribution in [1.82, 2.24) is 4.90 Å². The third-order valence-electron chi connectivity index (χ3n) is 3.63. The van der Waals surface area contributed by atoms with Gasteiger partial charge >= 0.3 is 12.1 Å². The second-order valence-corrected chi connectivity index (χ2v) is 5.69. The number of hydrogen-bond acceptors (Lipinski definition) is 2. The van der Waals surface area contributed by atoms with E-state index in [2.05, 4.69) is 0 Å². The molecule has 2 rings (SSSR count). The molecule has 0 radical (unpaired) electrons. The third-order valence-corrected chi connectivity index (χ3v) is 3.86. The number of rotatable bonds is 1. The maximum absolute atomic E-state index is 12.8. The van der Waals surface area contributed by atoms with Crippen molar-refractivity contribution >= 4 is 29.9 Å². The molecule has 1 aromatic rings. The molecule has 0 saturated carbocycles. The fourth-order valence-corrected chi connectivity index (χ4v) is 2.98. The van der Waals surface area contributed by atoms with Crippen molar-refractivity contribution < 1.29 is 23.1 Å². The van der Waals surface area contributed by atoms with Crippen molar-refractivity contribution in [1.29, 1.82) is 0 Å². The Morgan fingerprint density at radius 1 is 1.36 bits per heavy atom. The summed E-state index contributed by atoms with van der Waals surface area (Å²) in [7, 11) is 0. The molecule has 1 aliphatic rings. The molecule has 3 nitrogen and oxygen atoms in total. The van der Waals surface area contributed by atoms with Crippen LogP contribution in [0, 0.1) is 0 Å². The smallest absolute Gasteiger partial charge is 0.393 e. The van der Waals surface area contributed by atoms with Gasteiger partial charge in [-0.15, -0.1) is 12.4 Å². The van der Waals surface area contributed by atoms with Crippen molar-refractivity contribution in [2.24, 2.45) is 0 Å². The van der Waals surface area contributed by atoms with Gasteiger partial charge in [-0.2, -0.15) is 13.2 Å². The summed E-state index contributed by atoms with van der Waals surface area (Å²) in [5.41, 5.74) is 0.491. The van der Waals surface area contributed by atoms with Gasteiger partial charge in [-0.05, 0) is 37.5 Å².